The molecule has 1 aromatic heterocycles. The van der Waals surface area contributed by atoms with E-state index in [-0.39, 0.29) is 12.3 Å². The first-order valence-corrected chi connectivity index (χ1v) is 5.64. The average Bonchev–Trinajstić information content (AvgIpc) is 2.89. The SMILES string of the molecule is C=CCNCC(=O)c1cnnn1-c1ccccc1. The Hall–Kier alpha value is -2.27. The van der Waals surface area contributed by atoms with Crippen LogP contribution < -0.4 is 5.32 Å². The zero-order valence-electron chi connectivity index (χ0n) is 9.91. The van der Waals surface area contributed by atoms with Gasteiger partial charge in [-0.3, -0.25) is 4.79 Å². The summed E-state index contributed by atoms with van der Waals surface area (Å²) in [6, 6.07) is 9.45. The molecule has 0 bridgehead atoms. The number of rotatable bonds is 6. The van der Waals surface area contributed by atoms with Crippen LogP contribution in [0.2, 0.25) is 0 Å². The lowest BCUT2D eigenvalue weighted by Gasteiger charge is -2.05. The predicted molar refractivity (Wildman–Crippen MR) is 68.8 cm³/mol. The molecule has 0 atom stereocenters. The number of carbonyl (C=O) groups excluding carboxylic acids is 1. The van der Waals surface area contributed by atoms with Crippen LogP contribution >= 0.6 is 0 Å². The van der Waals surface area contributed by atoms with Crippen molar-refractivity contribution >= 4 is 5.78 Å². The molecule has 0 unspecified atom stereocenters. The van der Waals surface area contributed by atoms with Gasteiger partial charge in [0.2, 0.25) is 0 Å². The van der Waals surface area contributed by atoms with Gasteiger partial charge in [0.1, 0.15) is 5.69 Å². The Balaban J connectivity index is 2.18. The Morgan fingerprint density at radius 1 is 1.39 bits per heavy atom. The standard InChI is InChI=1S/C13H14N4O/c1-2-8-14-10-13(18)12-9-15-16-17(12)11-6-4-3-5-7-11/h2-7,9,14H,1,8,10H2. The van der Waals surface area contributed by atoms with E-state index in [9.17, 15) is 4.79 Å². The summed E-state index contributed by atoms with van der Waals surface area (Å²) in [4.78, 5) is 12.0. The van der Waals surface area contributed by atoms with Gasteiger partial charge in [0, 0.05) is 6.54 Å². The summed E-state index contributed by atoms with van der Waals surface area (Å²) in [6.07, 6.45) is 3.19. The molecule has 2 aromatic rings. The van der Waals surface area contributed by atoms with Crippen molar-refractivity contribution in [3.63, 3.8) is 0 Å². The van der Waals surface area contributed by atoms with Gasteiger partial charge in [0.15, 0.2) is 5.78 Å². The van der Waals surface area contributed by atoms with Crippen molar-refractivity contribution in [3.05, 3.63) is 54.9 Å². The molecule has 0 saturated carbocycles. The molecule has 0 amide bonds. The van der Waals surface area contributed by atoms with Gasteiger partial charge in [0.25, 0.3) is 0 Å². The third-order valence-corrected chi connectivity index (χ3v) is 2.41. The Kier molecular flexibility index (Phi) is 3.98. The first-order valence-electron chi connectivity index (χ1n) is 5.64. The summed E-state index contributed by atoms with van der Waals surface area (Å²) < 4.78 is 1.54. The number of hydrogen-bond acceptors (Lipinski definition) is 4. The molecule has 1 aromatic carbocycles. The number of aromatic nitrogens is 3. The third-order valence-electron chi connectivity index (χ3n) is 2.41. The highest BCUT2D eigenvalue weighted by Crippen LogP contribution is 2.08. The Bertz CT molecular complexity index is 533. The van der Waals surface area contributed by atoms with E-state index in [1.165, 1.54) is 10.9 Å². The molecule has 5 heteroatoms. The number of Topliss-reactive ketones (excluding diaryl/α,β-unsaturated/α-hetero) is 1. The largest absolute Gasteiger partial charge is 0.306 e. The first-order chi connectivity index (χ1) is 8.83. The number of nitrogens with one attached hydrogen (secondary N) is 1. The third kappa shape index (κ3) is 2.70. The van der Waals surface area contributed by atoms with E-state index < -0.39 is 0 Å². The highest BCUT2D eigenvalue weighted by molar-refractivity contribution is 5.96. The lowest BCUT2D eigenvalue weighted by atomic mass is 10.2. The van der Waals surface area contributed by atoms with Gasteiger partial charge in [-0.05, 0) is 12.1 Å². The van der Waals surface area contributed by atoms with Crippen LogP contribution in [0.5, 0.6) is 0 Å². The van der Waals surface area contributed by atoms with Crippen molar-refractivity contribution < 1.29 is 4.79 Å². The fourth-order valence-electron chi connectivity index (χ4n) is 1.56. The van der Waals surface area contributed by atoms with Crippen LogP contribution in [0.4, 0.5) is 0 Å². The van der Waals surface area contributed by atoms with Crippen molar-refractivity contribution in [1.29, 1.82) is 0 Å². The normalized spacial score (nSPS) is 10.2. The van der Waals surface area contributed by atoms with Crippen molar-refractivity contribution in [3.8, 4) is 5.69 Å². The highest BCUT2D eigenvalue weighted by Gasteiger charge is 2.13. The van der Waals surface area contributed by atoms with E-state index in [4.69, 9.17) is 0 Å². The molecule has 0 aliphatic rings. The fourth-order valence-corrected chi connectivity index (χ4v) is 1.56. The number of ketones is 1. The number of nitrogens with zero attached hydrogens (tertiary/aromatic N) is 3. The fraction of sp³-hybridized carbons (Fsp3) is 0.154. The average molecular weight is 242 g/mol. The summed E-state index contributed by atoms with van der Waals surface area (Å²) in [7, 11) is 0. The molecule has 18 heavy (non-hydrogen) atoms. The van der Waals surface area contributed by atoms with E-state index in [2.05, 4.69) is 22.2 Å². The molecule has 0 saturated heterocycles. The molecule has 92 valence electrons. The maximum atomic E-state index is 12.0. The summed E-state index contributed by atoms with van der Waals surface area (Å²) in [5, 5.41) is 10.7. The molecule has 1 heterocycles. The van der Waals surface area contributed by atoms with Crippen molar-refractivity contribution in [2.24, 2.45) is 0 Å². The van der Waals surface area contributed by atoms with Gasteiger partial charge in [-0.15, -0.1) is 11.7 Å². The van der Waals surface area contributed by atoms with Crippen LogP contribution in [0.15, 0.2) is 49.2 Å². The minimum atomic E-state index is -0.0503. The number of para-hydroxylation sites is 1. The van der Waals surface area contributed by atoms with Crippen LogP contribution in [0.1, 0.15) is 10.5 Å². The van der Waals surface area contributed by atoms with Crippen LogP contribution in [0.3, 0.4) is 0 Å². The van der Waals surface area contributed by atoms with Crippen LogP contribution in [0, 0.1) is 0 Å². The number of benzene rings is 1. The smallest absolute Gasteiger partial charge is 0.196 e. The summed E-state index contributed by atoms with van der Waals surface area (Å²) in [5.41, 5.74) is 1.29. The Morgan fingerprint density at radius 3 is 2.89 bits per heavy atom. The van der Waals surface area contributed by atoms with E-state index >= 15 is 0 Å². The molecule has 0 aliphatic carbocycles. The molecular weight excluding hydrogens is 228 g/mol. The first kappa shape index (κ1) is 12.2. The van der Waals surface area contributed by atoms with Gasteiger partial charge < -0.3 is 5.32 Å². The number of carbonyl (C=O) groups is 1. The van der Waals surface area contributed by atoms with E-state index in [0.29, 0.717) is 12.2 Å². The van der Waals surface area contributed by atoms with E-state index in [0.717, 1.165) is 5.69 Å². The van der Waals surface area contributed by atoms with Crippen LogP contribution in [-0.2, 0) is 0 Å². The second-order valence-corrected chi connectivity index (χ2v) is 3.71. The Labute approximate surface area is 105 Å². The van der Waals surface area contributed by atoms with Gasteiger partial charge in [0.05, 0.1) is 18.4 Å². The maximum absolute atomic E-state index is 12.0. The maximum Gasteiger partial charge on any atom is 0.196 e. The predicted octanol–water partition coefficient (Wildman–Crippen LogP) is 1.23. The molecule has 2 rings (SSSR count). The van der Waals surface area contributed by atoms with Gasteiger partial charge in [-0.2, -0.15) is 0 Å². The van der Waals surface area contributed by atoms with Crippen LogP contribution in [-0.4, -0.2) is 33.9 Å². The highest BCUT2D eigenvalue weighted by atomic mass is 16.1. The molecule has 0 radical (unpaired) electrons. The summed E-state index contributed by atoms with van der Waals surface area (Å²) >= 11 is 0. The summed E-state index contributed by atoms with van der Waals surface area (Å²) in [5.74, 6) is -0.0503. The minimum Gasteiger partial charge on any atom is -0.306 e. The van der Waals surface area contributed by atoms with Gasteiger partial charge in [-0.1, -0.05) is 29.5 Å². The van der Waals surface area contributed by atoms with E-state index in [1.807, 2.05) is 30.3 Å². The monoisotopic (exact) mass is 242 g/mol. The lowest BCUT2D eigenvalue weighted by Crippen LogP contribution is -2.24. The Morgan fingerprint density at radius 2 is 2.17 bits per heavy atom. The molecule has 0 spiro atoms. The molecule has 5 nitrogen and oxygen atoms in total. The zero-order chi connectivity index (χ0) is 12.8. The molecular formula is C13H14N4O. The molecule has 1 N–H and O–H groups in total. The molecule has 0 aliphatic heterocycles. The minimum absolute atomic E-state index is 0.0503. The van der Waals surface area contributed by atoms with Crippen molar-refractivity contribution in [1.82, 2.24) is 20.3 Å². The second-order valence-electron chi connectivity index (χ2n) is 3.71. The lowest BCUT2D eigenvalue weighted by molar-refractivity contribution is 0.0985. The quantitative estimate of drug-likeness (QED) is 0.470. The molecule has 0 fully saturated rings. The second kappa shape index (κ2) is 5.88. The van der Waals surface area contributed by atoms with E-state index in [1.54, 1.807) is 6.08 Å². The topological polar surface area (TPSA) is 59.8 Å². The van der Waals surface area contributed by atoms with Crippen molar-refractivity contribution in [2.75, 3.05) is 13.1 Å². The van der Waals surface area contributed by atoms with Crippen LogP contribution in [0.25, 0.3) is 5.69 Å². The number of hydrogen-bond donors (Lipinski definition) is 1. The van der Waals surface area contributed by atoms with Gasteiger partial charge >= 0.3 is 0 Å². The van der Waals surface area contributed by atoms with Crippen molar-refractivity contribution in [2.45, 2.75) is 0 Å². The van der Waals surface area contributed by atoms with Gasteiger partial charge in [-0.25, -0.2) is 4.68 Å². The summed E-state index contributed by atoms with van der Waals surface area (Å²) in [6.45, 7) is 4.42. The zero-order valence-corrected chi connectivity index (χ0v) is 9.91.